The zero-order valence-corrected chi connectivity index (χ0v) is 19.1. The molecule has 1 aliphatic heterocycles. The van der Waals surface area contributed by atoms with Crippen LogP contribution in [0, 0.1) is 5.92 Å². The van der Waals surface area contributed by atoms with Crippen molar-refractivity contribution in [3.8, 4) is 11.1 Å². The molecular weight excluding hydrogens is 426 g/mol. The van der Waals surface area contributed by atoms with Crippen molar-refractivity contribution in [1.82, 2.24) is 14.9 Å². The SMILES string of the molecule is COC(=O)C(Cc1cc2cnccc2[nH]1)C1CCCN1C(=O)c1ccc(-c2ccccc2)cc1. The van der Waals surface area contributed by atoms with Gasteiger partial charge in [0.05, 0.1) is 13.0 Å². The average molecular weight is 454 g/mol. The van der Waals surface area contributed by atoms with Crippen LogP contribution >= 0.6 is 0 Å². The minimum atomic E-state index is -0.443. The van der Waals surface area contributed by atoms with E-state index in [1.807, 2.05) is 71.6 Å². The van der Waals surface area contributed by atoms with E-state index in [0.717, 1.165) is 40.6 Å². The van der Waals surface area contributed by atoms with E-state index in [4.69, 9.17) is 4.74 Å². The van der Waals surface area contributed by atoms with Crippen LogP contribution in [0.3, 0.4) is 0 Å². The van der Waals surface area contributed by atoms with Gasteiger partial charge in [0.2, 0.25) is 0 Å². The number of pyridine rings is 1. The van der Waals surface area contributed by atoms with Crippen LogP contribution in [-0.4, -0.2) is 46.4 Å². The molecule has 2 atom stereocenters. The number of carbonyl (C=O) groups excluding carboxylic acids is 2. The van der Waals surface area contributed by atoms with Gasteiger partial charge in [-0.1, -0.05) is 42.5 Å². The van der Waals surface area contributed by atoms with Gasteiger partial charge in [0.1, 0.15) is 0 Å². The first-order valence-corrected chi connectivity index (χ1v) is 11.6. The largest absolute Gasteiger partial charge is 0.469 e. The summed E-state index contributed by atoms with van der Waals surface area (Å²) >= 11 is 0. The molecule has 1 amide bonds. The molecule has 34 heavy (non-hydrogen) atoms. The van der Waals surface area contributed by atoms with Gasteiger partial charge in [-0.05, 0) is 48.2 Å². The fourth-order valence-electron chi connectivity index (χ4n) is 4.97. The molecule has 2 unspecified atom stereocenters. The molecule has 0 radical (unpaired) electrons. The lowest BCUT2D eigenvalue weighted by molar-refractivity contribution is -0.147. The lowest BCUT2D eigenvalue weighted by Gasteiger charge is -2.30. The van der Waals surface area contributed by atoms with Crippen LogP contribution in [0.25, 0.3) is 22.0 Å². The summed E-state index contributed by atoms with van der Waals surface area (Å²) in [6.07, 6.45) is 5.65. The molecule has 5 rings (SSSR count). The predicted molar refractivity (Wildman–Crippen MR) is 131 cm³/mol. The number of H-pyrrole nitrogens is 1. The first kappa shape index (κ1) is 21.9. The Morgan fingerprint density at radius 3 is 2.59 bits per heavy atom. The van der Waals surface area contributed by atoms with E-state index >= 15 is 0 Å². The number of ether oxygens (including phenoxy) is 1. The summed E-state index contributed by atoms with van der Waals surface area (Å²) in [6, 6.07) is 21.5. The molecule has 1 N–H and O–H groups in total. The molecule has 6 nitrogen and oxygen atoms in total. The molecule has 172 valence electrons. The summed E-state index contributed by atoms with van der Waals surface area (Å²) < 4.78 is 5.17. The number of likely N-dealkylation sites (tertiary alicyclic amines) is 1. The van der Waals surface area contributed by atoms with Crippen molar-refractivity contribution in [2.24, 2.45) is 5.92 Å². The number of carbonyl (C=O) groups is 2. The quantitative estimate of drug-likeness (QED) is 0.423. The lowest BCUT2D eigenvalue weighted by Crippen LogP contribution is -2.44. The molecule has 6 heteroatoms. The van der Waals surface area contributed by atoms with Gasteiger partial charge in [0, 0.05) is 53.6 Å². The van der Waals surface area contributed by atoms with Crippen molar-refractivity contribution < 1.29 is 14.3 Å². The van der Waals surface area contributed by atoms with Crippen molar-refractivity contribution >= 4 is 22.8 Å². The maximum atomic E-state index is 13.5. The van der Waals surface area contributed by atoms with Crippen molar-refractivity contribution in [1.29, 1.82) is 0 Å². The number of nitrogens with one attached hydrogen (secondary N) is 1. The molecular formula is C28H27N3O3. The number of benzene rings is 2. The van der Waals surface area contributed by atoms with Gasteiger partial charge in [-0.2, -0.15) is 0 Å². The first-order valence-electron chi connectivity index (χ1n) is 11.6. The highest BCUT2D eigenvalue weighted by atomic mass is 16.5. The predicted octanol–water partition coefficient (Wildman–Crippen LogP) is 4.87. The highest BCUT2D eigenvalue weighted by Crippen LogP contribution is 2.30. The minimum Gasteiger partial charge on any atom is -0.469 e. The van der Waals surface area contributed by atoms with Crippen molar-refractivity contribution in [3.63, 3.8) is 0 Å². The van der Waals surface area contributed by atoms with Gasteiger partial charge in [-0.25, -0.2) is 0 Å². The first-order chi connectivity index (χ1) is 16.6. The maximum Gasteiger partial charge on any atom is 0.311 e. The van der Waals surface area contributed by atoms with E-state index in [9.17, 15) is 9.59 Å². The van der Waals surface area contributed by atoms with Crippen LogP contribution in [0.15, 0.2) is 79.1 Å². The third kappa shape index (κ3) is 4.31. The van der Waals surface area contributed by atoms with Crippen LogP contribution in [0.2, 0.25) is 0 Å². The summed E-state index contributed by atoms with van der Waals surface area (Å²) in [4.78, 5) is 35.7. The van der Waals surface area contributed by atoms with E-state index in [0.29, 0.717) is 18.5 Å². The van der Waals surface area contributed by atoms with Crippen molar-refractivity contribution in [2.75, 3.05) is 13.7 Å². The van der Waals surface area contributed by atoms with E-state index < -0.39 is 5.92 Å². The molecule has 3 heterocycles. The Morgan fingerprint density at radius 1 is 1.09 bits per heavy atom. The number of hydrogen-bond donors (Lipinski definition) is 1. The fraction of sp³-hybridized carbons (Fsp3) is 0.250. The summed E-state index contributed by atoms with van der Waals surface area (Å²) in [7, 11) is 1.41. The number of amides is 1. The topological polar surface area (TPSA) is 75.3 Å². The third-order valence-electron chi connectivity index (χ3n) is 6.68. The van der Waals surface area contributed by atoms with Gasteiger partial charge in [0.15, 0.2) is 0 Å². The number of fused-ring (bicyclic) bond motifs is 1. The molecule has 0 saturated carbocycles. The normalized spacial score (nSPS) is 16.5. The zero-order valence-electron chi connectivity index (χ0n) is 19.1. The van der Waals surface area contributed by atoms with E-state index in [2.05, 4.69) is 9.97 Å². The summed E-state index contributed by atoms with van der Waals surface area (Å²) in [5, 5.41) is 0.999. The van der Waals surface area contributed by atoms with Crippen LogP contribution in [0.1, 0.15) is 28.9 Å². The number of methoxy groups -OCH3 is 1. The van der Waals surface area contributed by atoms with Crippen LogP contribution in [0.5, 0.6) is 0 Å². The molecule has 0 spiro atoms. The number of hydrogen-bond acceptors (Lipinski definition) is 4. The minimum absolute atomic E-state index is 0.0446. The Morgan fingerprint density at radius 2 is 1.85 bits per heavy atom. The van der Waals surface area contributed by atoms with Gasteiger partial charge >= 0.3 is 5.97 Å². The number of rotatable bonds is 6. The Labute approximate surface area is 198 Å². The number of aromatic amines is 1. The molecule has 1 aliphatic rings. The van der Waals surface area contributed by atoms with Crippen molar-refractivity contribution in [2.45, 2.75) is 25.3 Å². The van der Waals surface area contributed by atoms with E-state index in [-0.39, 0.29) is 17.9 Å². The number of esters is 1. The average Bonchev–Trinajstić information content (AvgIpc) is 3.54. The van der Waals surface area contributed by atoms with E-state index in [1.54, 1.807) is 12.4 Å². The molecule has 0 bridgehead atoms. The third-order valence-corrected chi connectivity index (χ3v) is 6.68. The Bertz CT molecular complexity index is 1260. The van der Waals surface area contributed by atoms with Crippen LogP contribution in [-0.2, 0) is 16.0 Å². The Hall–Kier alpha value is -3.93. The molecule has 1 fully saturated rings. The van der Waals surface area contributed by atoms with Crippen molar-refractivity contribution in [3.05, 3.63) is 90.4 Å². The molecule has 4 aromatic rings. The molecule has 2 aromatic heterocycles. The van der Waals surface area contributed by atoms with Gasteiger partial charge in [-0.15, -0.1) is 0 Å². The van der Waals surface area contributed by atoms with Crippen LogP contribution in [0.4, 0.5) is 0 Å². The molecule has 1 saturated heterocycles. The smallest absolute Gasteiger partial charge is 0.311 e. The number of nitrogens with zero attached hydrogens (tertiary/aromatic N) is 2. The maximum absolute atomic E-state index is 13.5. The summed E-state index contributed by atoms with van der Waals surface area (Å²) in [5.41, 5.74) is 4.72. The Kier molecular flexibility index (Phi) is 6.12. The molecule has 0 aliphatic carbocycles. The van der Waals surface area contributed by atoms with Gasteiger partial charge in [-0.3, -0.25) is 14.6 Å². The second kappa shape index (κ2) is 9.51. The van der Waals surface area contributed by atoms with Gasteiger partial charge in [0.25, 0.3) is 5.91 Å². The fourth-order valence-corrected chi connectivity index (χ4v) is 4.97. The standard InChI is InChI=1S/C28H27N3O3/c1-34-28(33)24(17-23-16-22-18-29-14-13-25(22)30-23)26-8-5-15-31(26)27(32)21-11-9-20(10-12-21)19-6-3-2-4-7-19/h2-4,6-7,9-14,16,18,24,26,30H,5,8,15,17H2,1H3. The summed E-state index contributed by atoms with van der Waals surface area (Å²) in [6.45, 7) is 0.633. The highest BCUT2D eigenvalue weighted by molar-refractivity contribution is 5.95. The second-order valence-corrected chi connectivity index (χ2v) is 8.74. The highest BCUT2D eigenvalue weighted by Gasteiger charge is 2.39. The number of aromatic nitrogens is 2. The summed E-state index contributed by atoms with van der Waals surface area (Å²) in [5.74, 6) is -0.779. The second-order valence-electron chi connectivity index (χ2n) is 8.74. The van der Waals surface area contributed by atoms with E-state index in [1.165, 1.54) is 7.11 Å². The van der Waals surface area contributed by atoms with Gasteiger partial charge < -0.3 is 14.6 Å². The monoisotopic (exact) mass is 453 g/mol. The Balaban J connectivity index is 1.37. The lowest BCUT2D eigenvalue weighted by atomic mass is 9.92. The molecule has 2 aromatic carbocycles. The zero-order chi connectivity index (χ0) is 23.5. The van der Waals surface area contributed by atoms with Crippen LogP contribution < -0.4 is 0 Å².